The quantitative estimate of drug-likeness (QED) is 0.675. The molecule has 1 aliphatic rings. The van der Waals surface area contributed by atoms with Crippen LogP contribution in [0.25, 0.3) is 5.65 Å². The van der Waals surface area contributed by atoms with Crippen LogP contribution in [0.3, 0.4) is 0 Å². The van der Waals surface area contributed by atoms with Crippen molar-refractivity contribution in [3.63, 3.8) is 0 Å². The summed E-state index contributed by atoms with van der Waals surface area (Å²) in [5.74, 6) is 0.605. The number of benzene rings is 1. The maximum atomic E-state index is 13.3. The molecule has 1 atom stereocenters. The van der Waals surface area contributed by atoms with E-state index in [9.17, 15) is 9.18 Å². The van der Waals surface area contributed by atoms with Crippen molar-refractivity contribution in [1.29, 1.82) is 0 Å². The Kier molecular flexibility index (Phi) is 4.35. The first-order chi connectivity index (χ1) is 13.0. The molecular formula is C18H19FN6O2. The highest BCUT2D eigenvalue weighted by atomic mass is 19.1. The predicted molar refractivity (Wildman–Crippen MR) is 96.0 cm³/mol. The number of hydrogen-bond acceptors (Lipinski definition) is 6. The summed E-state index contributed by atoms with van der Waals surface area (Å²) in [5.41, 5.74) is 0.687. The lowest BCUT2D eigenvalue weighted by Gasteiger charge is -2.44. The first-order valence-electron chi connectivity index (χ1n) is 8.62. The molecule has 1 saturated heterocycles. The molecule has 8 nitrogen and oxygen atoms in total. The maximum Gasteiger partial charge on any atom is 0.263 e. The van der Waals surface area contributed by atoms with Crippen LogP contribution in [0.4, 0.5) is 10.2 Å². The number of halogens is 1. The van der Waals surface area contributed by atoms with Crippen LogP contribution in [0.15, 0.2) is 42.7 Å². The van der Waals surface area contributed by atoms with E-state index >= 15 is 0 Å². The van der Waals surface area contributed by atoms with Crippen molar-refractivity contribution in [1.82, 2.24) is 24.7 Å². The number of nitrogens with zero attached hydrogens (tertiary/aromatic N) is 6. The van der Waals surface area contributed by atoms with Gasteiger partial charge in [-0.15, -0.1) is 15.3 Å². The summed E-state index contributed by atoms with van der Waals surface area (Å²) in [6.07, 6.45) is 0.856. The number of carbonyl (C=O) groups excluding carboxylic acids is 1. The van der Waals surface area contributed by atoms with Crippen molar-refractivity contribution >= 4 is 17.4 Å². The van der Waals surface area contributed by atoms with Crippen molar-refractivity contribution in [2.75, 3.05) is 25.0 Å². The minimum atomic E-state index is -0.697. The van der Waals surface area contributed by atoms with Crippen LogP contribution in [0.1, 0.15) is 6.92 Å². The third-order valence-electron chi connectivity index (χ3n) is 4.69. The van der Waals surface area contributed by atoms with Gasteiger partial charge in [0.25, 0.3) is 5.91 Å². The number of anilines is 1. The summed E-state index contributed by atoms with van der Waals surface area (Å²) < 4.78 is 20.4. The molecular weight excluding hydrogens is 351 g/mol. The number of aromatic nitrogens is 4. The van der Waals surface area contributed by atoms with Crippen molar-refractivity contribution in [2.45, 2.75) is 19.1 Å². The van der Waals surface area contributed by atoms with Crippen LogP contribution < -0.4 is 9.64 Å². The molecule has 0 saturated carbocycles. The molecule has 0 radical (unpaired) electrons. The Labute approximate surface area is 155 Å². The van der Waals surface area contributed by atoms with E-state index in [1.54, 1.807) is 41.8 Å². The van der Waals surface area contributed by atoms with E-state index in [-0.39, 0.29) is 11.9 Å². The number of ether oxygens (including phenoxy) is 1. The van der Waals surface area contributed by atoms with E-state index in [2.05, 4.69) is 20.2 Å². The Bertz CT molecular complexity index is 971. The minimum absolute atomic E-state index is 0.0643. The van der Waals surface area contributed by atoms with Gasteiger partial charge in [0.05, 0.1) is 6.04 Å². The fraction of sp³-hybridized carbons (Fsp3) is 0.333. The summed E-state index contributed by atoms with van der Waals surface area (Å²) in [7, 11) is 1.76. The Morgan fingerprint density at radius 1 is 1.33 bits per heavy atom. The van der Waals surface area contributed by atoms with Crippen LogP contribution in [0.2, 0.25) is 0 Å². The number of rotatable bonds is 5. The highest BCUT2D eigenvalue weighted by molar-refractivity contribution is 5.81. The maximum absolute atomic E-state index is 13.3. The second-order valence-electron chi connectivity index (χ2n) is 6.55. The smallest absolute Gasteiger partial charge is 0.263 e. The molecule has 0 spiro atoms. The third kappa shape index (κ3) is 3.40. The lowest BCUT2D eigenvalue weighted by atomic mass is 10.1. The molecule has 140 valence electrons. The van der Waals surface area contributed by atoms with Crippen molar-refractivity contribution < 1.29 is 13.9 Å². The number of amides is 1. The summed E-state index contributed by atoms with van der Waals surface area (Å²) in [4.78, 5) is 16.4. The van der Waals surface area contributed by atoms with Gasteiger partial charge >= 0.3 is 0 Å². The van der Waals surface area contributed by atoms with Crippen molar-refractivity contribution in [3.05, 3.63) is 48.5 Å². The summed E-state index contributed by atoms with van der Waals surface area (Å²) in [6.45, 7) is 3.02. The molecule has 9 heteroatoms. The Hall–Kier alpha value is -3.23. The molecule has 0 aliphatic carbocycles. The topological polar surface area (TPSA) is 75.9 Å². The summed E-state index contributed by atoms with van der Waals surface area (Å²) in [5, 5.41) is 12.2. The molecule has 1 aromatic carbocycles. The van der Waals surface area contributed by atoms with Gasteiger partial charge in [-0.25, -0.2) is 4.39 Å². The van der Waals surface area contributed by atoms with Crippen LogP contribution in [0, 0.1) is 5.82 Å². The lowest BCUT2D eigenvalue weighted by Crippen LogP contribution is -2.61. The minimum Gasteiger partial charge on any atom is -0.481 e. The van der Waals surface area contributed by atoms with Gasteiger partial charge < -0.3 is 14.5 Å². The van der Waals surface area contributed by atoms with Gasteiger partial charge in [-0.2, -0.15) is 4.52 Å². The molecule has 2 aromatic heterocycles. The average Bonchev–Trinajstić information content (AvgIpc) is 3.07. The molecule has 3 aromatic rings. The highest BCUT2D eigenvalue weighted by Crippen LogP contribution is 2.22. The molecule has 27 heavy (non-hydrogen) atoms. The molecule has 1 aliphatic heterocycles. The zero-order valence-electron chi connectivity index (χ0n) is 15.0. The van der Waals surface area contributed by atoms with Crippen molar-refractivity contribution in [3.8, 4) is 5.75 Å². The van der Waals surface area contributed by atoms with Gasteiger partial charge in [0.1, 0.15) is 23.7 Å². The van der Waals surface area contributed by atoms with Crippen LogP contribution in [0.5, 0.6) is 5.75 Å². The fourth-order valence-corrected chi connectivity index (χ4v) is 3.04. The van der Waals surface area contributed by atoms with Crippen molar-refractivity contribution in [2.24, 2.45) is 0 Å². The zero-order chi connectivity index (χ0) is 19.0. The van der Waals surface area contributed by atoms with Crippen LogP contribution in [-0.2, 0) is 4.79 Å². The first kappa shape index (κ1) is 17.2. The van der Waals surface area contributed by atoms with E-state index in [4.69, 9.17) is 4.74 Å². The number of hydrogen-bond donors (Lipinski definition) is 0. The van der Waals surface area contributed by atoms with Gasteiger partial charge in [-0.1, -0.05) is 6.07 Å². The number of fused-ring (bicyclic) bond motifs is 1. The molecule has 1 amide bonds. The van der Waals surface area contributed by atoms with Gasteiger partial charge in [0, 0.05) is 26.2 Å². The fourth-order valence-electron chi connectivity index (χ4n) is 3.04. The SMILES string of the molecule is CC(Oc1cccc(F)c1)C(=O)N(C)C1CN(c2ccc3nncn3n2)C1. The van der Waals surface area contributed by atoms with Gasteiger partial charge in [-0.05, 0) is 31.2 Å². The third-order valence-corrected chi connectivity index (χ3v) is 4.69. The van der Waals surface area contributed by atoms with E-state index < -0.39 is 11.9 Å². The van der Waals surface area contributed by atoms with E-state index in [0.29, 0.717) is 24.5 Å². The summed E-state index contributed by atoms with van der Waals surface area (Å²) >= 11 is 0. The Morgan fingerprint density at radius 3 is 2.93 bits per heavy atom. The Morgan fingerprint density at radius 2 is 2.15 bits per heavy atom. The first-order valence-corrected chi connectivity index (χ1v) is 8.62. The van der Waals surface area contributed by atoms with Gasteiger partial charge in [-0.3, -0.25) is 4.79 Å². The lowest BCUT2D eigenvalue weighted by molar-refractivity contribution is -0.139. The second-order valence-corrected chi connectivity index (χ2v) is 6.55. The van der Waals surface area contributed by atoms with Crippen LogP contribution in [-0.4, -0.2) is 62.9 Å². The van der Waals surface area contributed by atoms with Crippen LogP contribution >= 0.6 is 0 Å². The molecule has 3 heterocycles. The van der Waals surface area contributed by atoms with Gasteiger partial charge in [0.15, 0.2) is 11.8 Å². The molecule has 1 fully saturated rings. The predicted octanol–water partition coefficient (Wildman–Crippen LogP) is 1.38. The van der Waals surface area contributed by atoms with E-state index in [1.165, 1.54) is 12.1 Å². The van der Waals surface area contributed by atoms with E-state index in [0.717, 1.165) is 5.82 Å². The van der Waals surface area contributed by atoms with E-state index in [1.807, 2.05) is 12.1 Å². The second kappa shape index (κ2) is 6.82. The average molecular weight is 370 g/mol. The largest absolute Gasteiger partial charge is 0.481 e. The Balaban J connectivity index is 1.34. The molecule has 0 bridgehead atoms. The number of likely N-dealkylation sites (N-methyl/N-ethyl adjacent to an activating group) is 1. The molecule has 1 unspecified atom stereocenters. The monoisotopic (exact) mass is 370 g/mol. The zero-order valence-corrected chi connectivity index (χ0v) is 15.0. The standard InChI is InChI=1S/C18H19FN6O2/c1-12(27-15-5-3-4-13(19)8-15)18(26)23(2)14-9-24(10-14)17-7-6-16-21-20-11-25(16)22-17/h3-8,11-12,14H,9-10H2,1-2H3. The van der Waals surface area contributed by atoms with Gasteiger partial charge in [0.2, 0.25) is 0 Å². The highest BCUT2D eigenvalue weighted by Gasteiger charge is 2.35. The number of carbonyl (C=O) groups is 1. The molecule has 0 N–H and O–H groups in total. The summed E-state index contributed by atoms with van der Waals surface area (Å²) in [6, 6.07) is 9.58. The normalized spacial score (nSPS) is 15.4. The molecule has 4 rings (SSSR count).